The number of hydrogen-bond donors (Lipinski definition) is 2. The first kappa shape index (κ1) is 14.1. The van der Waals surface area contributed by atoms with E-state index in [-0.39, 0.29) is 34.5 Å². The van der Waals surface area contributed by atoms with Gasteiger partial charge in [-0.05, 0) is 18.6 Å². The second-order valence-corrected chi connectivity index (χ2v) is 4.58. The first-order valence-electron chi connectivity index (χ1n) is 6.55. The van der Waals surface area contributed by atoms with Crippen LogP contribution in [0.2, 0.25) is 0 Å². The lowest BCUT2D eigenvalue weighted by atomic mass is 9.99. The molecular formula is C15H16O5. The summed E-state index contributed by atoms with van der Waals surface area (Å²) in [4.78, 5) is 23.6. The fraction of sp³-hybridized carbons (Fsp3) is 0.333. The van der Waals surface area contributed by atoms with Crippen molar-refractivity contribution in [3.05, 3.63) is 33.7 Å². The molecule has 0 fully saturated rings. The number of phenols is 1. The van der Waals surface area contributed by atoms with Crippen molar-refractivity contribution in [3.8, 4) is 11.5 Å². The van der Waals surface area contributed by atoms with Gasteiger partial charge in [0.05, 0.1) is 10.9 Å². The summed E-state index contributed by atoms with van der Waals surface area (Å²) in [7, 11) is 0. The molecule has 5 nitrogen and oxygen atoms in total. The van der Waals surface area contributed by atoms with E-state index in [0.717, 1.165) is 0 Å². The van der Waals surface area contributed by atoms with Gasteiger partial charge in [0.2, 0.25) is 5.75 Å². The van der Waals surface area contributed by atoms with Crippen LogP contribution in [0.15, 0.2) is 21.3 Å². The first-order valence-corrected chi connectivity index (χ1v) is 6.55. The summed E-state index contributed by atoms with van der Waals surface area (Å²) in [6.45, 7) is 3.59. The van der Waals surface area contributed by atoms with Crippen LogP contribution in [0.4, 0.5) is 0 Å². The van der Waals surface area contributed by atoms with Crippen molar-refractivity contribution in [1.29, 1.82) is 0 Å². The first-order chi connectivity index (χ1) is 9.51. The highest BCUT2D eigenvalue weighted by Crippen LogP contribution is 2.34. The molecule has 0 amide bonds. The summed E-state index contributed by atoms with van der Waals surface area (Å²) >= 11 is 0. The third kappa shape index (κ3) is 2.15. The molecule has 1 aromatic heterocycles. The number of phenolic OH excluding ortho intramolecular Hbond substituents is 1. The zero-order chi connectivity index (χ0) is 14.9. The second kappa shape index (κ2) is 5.36. The quantitative estimate of drug-likeness (QED) is 0.662. The van der Waals surface area contributed by atoms with Crippen LogP contribution in [-0.4, -0.2) is 16.0 Å². The maximum atomic E-state index is 11.9. The lowest BCUT2D eigenvalue weighted by Crippen LogP contribution is -2.06. The molecule has 0 atom stereocenters. The molecule has 0 bridgehead atoms. The molecule has 20 heavy (non-hydrogen) atoms. The van der Waals surface area contributed by atoms with Gasteiger partial charge < -0.3 is 14.6 Å². The minimum absolute atomic E-state index is 0.0445. The highest BCUT2D eigenvalue weighted by atomic mass is 16.4. The molecule has 0 radical (unpaired) electrons. The zero-order valence-corrected chi connectivity index (χ0v) is 11.4. The minimum Gasteiger partial charge on any atom is -0.507 e. The van der Waals surface area contributed by atoms with Gasteiger partial charge in [0.15, 0.2) is 11.4 Å². The number of rotatable bonds is 4. The van der Waals surface area contributed by atoms with Crippen LogP contribution in [0, 0.1) is 0 Å². The van der Waals surface area contributed by atoms with Gasteiger partial charge in [-0.15, -0.1) is 0 Å². The summed E-state index contributed by atoms with van der Waals surface area (Å²) in [5.41, 5.74) is -0.281. The third-order valence-electron chi connectivity index (χ3n) is 3.23. The van der Waals surface area contributed by atoms with E-state index in [9.17, 15) is 19.8 Å². The van der Waals surface area contributed by atoms with Crippen molar-refractivity contribution >= 4 is 16.8 Å². The largest absolute Gasteiger partial charge is 0.507 e. The Kier molecular flexibility index (Phi) is 3.79. The van der Waals surface area contributed by atoms with E-state index in [1.165, 1.54) is 12.1 Å². The van der Waals surface area contributed by atoms with E-state index in [1.807, 2.05) is 6.92 Å². The van der Waals surface area contributed by atoms with Crippen LogP contribution >= 0.6 is 0 Å². The van der Waals surface area contributed by atoms with Crippen molar-refractivity contribution < 1.29 is 19.4 Å². The van der Waals surface area contributed by atoms with E-state index < -0.39 is 11.4 Å². The Labute approximate surface area is 115 Å². The van der Waals surface area contributed by atoms with Crippen LogP contribution in [0.5, 0.6) is 11.5 Å². The number of carbonyl (C=O) groups excluding carboxylic acids is 1. The van der Waals surface area contributed by atoms with E-state index in [4.69, 9.17) is 4.42 Å². The normalized spacial score (nSPS) is 10.9. The number of hydrogen-bond acceptors (Lipinski definition) is 5. The van der Waals surface area contributed by atoms with E-state index in [1.54, 1.807) is 6.92 Å². The number of carbonyl (C=O) groups is 1. The Morgan fingerprint density at radius 1 is 1.25 bits per heavy atom. The van der Waals surface area contributed by atoms with Crippen molar-refractivity contribution in [2.45, 2.75) is 33.1 Å². The summed E-state index contributed by atoms with van der Waals surface area (Å²) in [6.07, 6.45) is 1.34. The Morgan fingerprint density at radius 3 is 2.55 bits per heavy atom. The molecule has 2 N–H and O–H groups in total. The van der Waals surface area contributed by atoms with Crippen molar-refractivity contribution in [3.63, 3.8) is 0 Å². The van der Waals surface area contributed by atoms with Gasteiger partial charge in [0.25, 0.3) is 0 Å². The molecule has 106 valence electrons. The third-order valence-corrected chi connectivity index (χ3v) is 3.23. The molecule has 1 heterocycles. The van der Waals surface area contributed by atoms with Gasteiger partial charge in [-0.2, -0.15) is 0 Å². The molecule has 0 saturated heterocycles. The molecule has 1 aromatic carbocycles. The monoisotopic (exact) mass is 276 g/mol. The average Bonchev–Trinajstić information content (AvgIpc) is 2.43. The molecule has 5 heteroatoms. The summed E-state index contributed by atoms with van der Waals surface area (Å²) < 4.78 is 5.03. The van der Waals surface area contributed by atoms with Gasteiger partial charge in [0.1, 0.15) is 5.75 Å². The van der Waals surface area contributed by atoms with E-state index in [0.29, 0.717) is 18.4 Å². The molecule has 2 rings (SSSR count). The number of fused-ring (bicyclic) bond motifs is 1. The molecule has 0 saturated carbocycles. The number of benzene rings is 1. The zero-order valence-electron chi connectivity index (χ0n) is 11.4. The lowest BCUT2D eigenvalue weighted by molar-refractivity contribution is 0.0988. The fourth-order valence-corrected chi connectivity index (χ4v) is 2.26. The molecule has 0 spiro atoms. The number of ketones is 1. The standard InChI is InChI=1S/C15H16O5/c1-3-5-9-12-11(17)7-6-8(10(16)4-2)14(12)20-15(19)13(9)18/h6-7,17-18H,3-5H2,1-2H3. The second-order valence-electron chi connectivity index (χ2n) is 4.58. The van der Waals surface area contributed by atoms with Gasteiger partial charge in [0, 0.05) is 12.0 Å². The molecule has 0 aliphatic rings. The van der Waals surface area contributed by atoms with Gasteiger partial charge >= 0.3 is 5.63 Å². The van der Waals surface area contributed by atoms with Crippen molar-refractivity contribution in [2.24, 2.45) is 0 Å². The Hall–Kier alpha value is -2.30. The smallest absolute Gasteiger partial charge is 0.379 e. The number of Topliss-reactive ketones (excluding diaryl/α,β-unsaturated/α-hetero) is 1. The Balaban J connectivity index is 2.94. The van der Waals surface area contributed by atoms with Crippen LogP contribution in [0.3, 0.4) is 0 Å². The maximum absolute atomic E-state index is 11.9. The predicted octanol–water partition coefficient (Wildman–Crippen LogP) is 2.75. The average molecular weight is 276 g/mol. The summed E-state index contributed by atoms with van der Waals surface area (Å²) in [5, 5.41) is 20.1. The minimum atomic E-state index is -0.892. The van der Waals surface area contributed by atoms with Crippen LogP contribution < -0.4 is 5.63 Å². The summed E-state index contributed by atoms with van der Waals surface area (Å²) in [5.74, 6) is -0.808. The van der Waals surface area contributed by atoms with Gasteiger partial charge in [-0.1, -0.05) is 20.3 Å². The van der Waals surface area contributed by atoms with Crippen LogP contribution in [0.25, 0.3) is 11.0 Å². The van der Waals surface area contributed by atoms with Crippen LogP contribution in [0.1, 0.15) is 42.6 Å². The fourth-order valence-electron chi connectivity index (χ4n) is 2.26. The Bertz CT molecular complexity index is 727. The highest BCUT2D eigenvalue weighted by molar-refractivity contribution is 6.08. The van der Waals surface area contributed by atoms with Crippen molar-refractivity contribution in [2.75, 3.05) is 0 Å². The van der Waals surface area contributed by atoms with Gasteiger partial charge in [-0.25, -0.2) is 4.79 Å². The molecule has 0 unspecified atom stereocenters. The molecule has 2 aromatic rings. The SMILES string of the molecule is CCCc1c(O)c(=O)oc2c(C(=O)CC)ccc(O)c12. The molecule has 0 aliphatic heterocycles. The topological polar surface area (TPSA) is 87.7 Å². The highest BCUT2D eigenvalue weighted by Gasteiger charge is 2.20. The molecule has 0 aliphatic carbocycles. The predicted molar refractivity (Wildman–Crippen MR) is 74.4 cm³/mol. The van der Waals surface area contributed by atoms with E-state index >= 15 is 0 Å². The van der Waals surface area contributed by atoms with Crippen LogP contribution in [-0.2, 0) is 6.42 Å². The van der Waals surface area contributed by atoms with Crippen molar-refractivity contribution in [1.82, 2.24) is 0 Å². The summed E-state index contributed by atoms with van der Waals surface area (Å²) in [6, 6.07) is 2.81. The maximum Gasteiger partial charge on any atom is 0.379 e. The van der Waals surface area contributed by atoms with E-state index in [2.05, 4.69) is 0 Å². The Morgan fingerprint density at radius 2 is 1.95 bits per heavy atom. The lowest BCUT2D eigenvalue weighted by Gasteiger charge is -2.10. The molecular weight excluding hydrogens is 260 g/mol. The number of aromatic hydroxyl groups is 2. The van der Waals surface area contributed by atoms with Gasteiger partial charge in [-0.3, -0.25) is 4.79 Å². The number of aryl methyl sites for hydroxylation is 1.